The lowest BCUT2D eigenvalue weighted by molar-refractivity contribution is 0.00433. The number of hydrogen-bond acceptors (Lipinski definition) is 3. The molecule has 1 atom stereocenters. The summed E-state index contributed by atoms with van der Waals surface area (Å²) in [6.07, 6.45) is 2.26. The fraction of sp³-hybridized carbons (Fsp3) is 0.625. The Balaban J connectivity index is 2.44. The van der Waals surface area contributed by atoms with Gasteiger partial charge in [-0.05, 0) is 37.1 Å². The third kappa shape index (κ3) is 7.39. The lowest BCUT2D eigenvalue weighted by Gasteiger charge is -2.19. The van der Waals surface area contributed by atoms with E-state index in [4.69, 9.17) is 9.47 Å². The average Bonchev–Trinajstić information content (AvgIpc) is 2.46. The summed E-state index contributed by atoms with van der Waals surface area (Å²) in [5.74, 6) is 0. The molecule has 4 heteroatoms. The van der Waals surface area contributed by atoms with Gasteiger partial charge in [0.25, 0.3) is 0 Å². The van der Waals surface area contributed by atoms with E-state index in [-0.39, 0.29) is 6.10 Å². The van der Waals surface area contributed by atoms with Gasteiger partial charge in [0.1, 0.15) is 0 Å². The summed E-state index contributed by atoms with van der Waals surface area (Å²) in [5.41, 5.74) is 1.20. The fourth-order valence-electron chi connectivity index (χ4n) is 1.86. The second kappa shape index (κ2) is 11.3. The molecule has 0 aromatic heterocycles. The van der Waals surface area contributed by atoms with Gasteiger partial charge in [-0.25, -0.2) is 0 Å². The molecule has 0 bridgehead atoms. The zero-order chi connectivity index (χ0) is 14.6. The maximum Gasteiger partial charge on any atom is 0.0950 e. The molecule has 0 heterocycles. The molecule has 0 spiro atoms. The van der Waals surface area contributed by atoms with Crippen LogP contribution in [-0.4, -0.2) is 32.9 Å². The van der Waals surface area contributed by atoms with E-state index >= 15 is 0 Å². The van der Waals surface area contributed by atoms with Crippen LogP contribution in [0.5, 0.6) is 0 Å². The van der Waals surface area contributed by atoms with Crippen molar-refractivity contribution in [3.8, 4) is 0 Å². The molecular formula is C16H26BrNO2. The molecule has 114 valence electrons. The van der Waals surface area contributed by atoms with E-state index in [1.165, 1.54) is 5.56 Å². The molecule has 0 aliphatic carbocycles. The summed E-state index contributed by atoms with van der Waals surface area (Å²) in [6, 6.07) is 8.32. The van der Waals surface area contributed by atoms with Crippen LogP contribution in [0.1, 0.15) is 38.4 Å². The van der Waals surface area contributed by atoms with Crippen LogP contribution in [-0.2, 0) is 9.47 Å². The molecule has 0 saturated carbocycles. The van der Waals surface area contributed by atoms with Crippen LogP contribution < -0.4 is 5.32 Å². The van der Waals surface area contributed by atoms with Gasteiger partial charge >= 0.3 is 0 Å². The highest BCUT2D eigenvalue weighted by molar-refractivity contribution is 9.10. The third-order valence-electron chi connectivity index (χ3n) is 2.89. The topological polar surface area (TPSA) is 30.5 Å². The van der Waals surface area contributed by atoms with Crippen molar-refractivity contribution in [1.29, 1.82) is 0 Å². The highest BCUT2D eigenvalue weighted by Gasteiger charge is 2.11. The van der Waals surface area contributed by atoms with Crippen molar-refractivity contribution in [2.24, 2.45) is 0 Å². The van der Waals surface area contributed by atoms with E-state index in [9.17, 15) is 0 Å². The molecule has 0 fully saturated rings. The van der Waals surface area contributed by atoms with E-state index < -0.39 is 0 Å². The number of halogens is 1. The van der Waals surface area contributed by atoms with Crippen molar-refractivity contribution in [1.82, 2.24) is 5.32 Å². The first-order chi connectivity index (χ1) is 9.77. The van der Waals surface area contributed by atoms with E-state index in [1.54, 1.807) is 0 Å². The first-order valence-corrected chi connectivity index (χ1v) is 8.22. The van der Waals surface area contributed by atoms with Crippen molar-refractivity contribution < 1.29 is 9.47 Å². The Labute approximate surface area is 131 Å². The molecule has 1 aromatic rings. The molecule has 0 amide bonds. The second-order valence-corrected chi connectivity index (χ2v) is 5.64. The number of ether oxygens (including phenoxy) is 2. The van der Waals surface area contributed by atoms with Crippen LogP contribution in [0.15, 0.2) is 28.7 Å². The second-order valence-electron chi connectivity index (χ2n) is 4.73. The van der Waals surface area contributed by atoms with Crippen LogP contribution in [0.4, 0.5) is 0 Å². The van der Waals surface area contributed by atoms with Crippen LogP contribution >= 0.6 is 15.9 Å². The predicted octanol–water partition coefficient (Wildman–Crippen LogP) is 3.93. The molecule has 0 saturated heterocycles. The maximum atomic E-state index is 5.96. The van der Waals surface area contributed by atoms with Gasteiger partial charge in [0, 0.05) is 17.6 Å². The molecule has 20 heavy (non-hydrogen) atoms. The predicted molar refractivity (Wildman–Crippen MR) is 87.1 cm³/mol. The smallest absolute Gasteiger partial charge is 0.0950 e. The van der Waals surface area contributed by atoms with Gasteiger partial charge in [-0.1, -0.05) is 41.9 Å². The van der Waals surface area contributed by atoms with Crippen molar-refractivity contribution in [2.45, 2.75) is 32.8 Å². The minimum atomic E-state index is 0.0832. The van der Waals surface area contributed by atoms with Crippen LogP contribution in [0.2, 0.25) is 0 Å². The summed E-state index contributed by atoms with van der Waals surface area (Å²) >= 11 is 3.46. The fourth-order valence-corrected chi connectivity index (χ4v) is 2.12. The van der Waals surface area contributed by atoms with Crippen molar-refractivity contribution in [3.63, 3.8) is 0 Å². The molecule has 0 radical (unpaired) electrons. The van der Waals surface area contributed by atoms with Crippen LogP contribution in [0.3, 0.4) is 0 Å². The van der Waals surface area contributed by atoms with Crippen LogP contribution in [0.25, 0.3) is 0 Å². The largest absolute Gasteiger partial charge is 0.379 e. The lowest BCUT2D eigenvalue weighted by atomic mass is 10.1. The number of hydrogen-bond donors (Lipinski definition) is 1. The van der Waals surface area contributed by atoms with Gasteiger partial charge in [-0.15, -0.1) is 0 Å². The molecule has 0 aliphatic rings. The van der Waals surface area contributed by atoms with Crippen molar-refractivity contribution in [2.75, 3.05) is 32.9 Å². The molecule has 1 N–H and O–H groups in total. The Morgan fingerprint density at radius 1 is 1.05 bits per heavy atom. The summed E-state index contributed by atoms with van der Waals surface area (Å²) in [5, 5.41) is 3.42. The number of nitrogens with one attached hydrogen (secondary N) is 1. The average molecular weight is 344 g/mol. The summed E-state index contributed by atoms with van der Waals surface area (Å²) in [6.45, 7) is 8.23. The van der Waals surface area contributed by atoms with Gasteiger partial charge in [-0.3, -0.25) is 0 Å². The first-order valence-electron chi connectivity index (χ1n) is 7.43. The van der Waals surface area contributed by atoms with Gasteiger partial charge in [0.05, 0.1) is 19.3 Å². The Morgan fingerprint density at radius 3 is 2.45 bits per heavy atom. The first kappa shape index (κ1) is 17.6. The Morgan fingerprint density at radius 2 is 1.80 bits per heavy atom. The van der Waals surface area contributed by atoms with Crippen molar-refractivity contribution in [3.05, 3.63) is 34.3 Å². The van der Waals surface area contributed by atoms with Gasteiger partial charge < -0.3 is 14.8 Å². The standard InChI is InChI=1S/C16H26BrNO2/c1-3-9-18-13-16(20-12-11-19-10-4-2)14-5-7-15(17)8-6-14/h5-8,16,18H,3-4,9-13H2,1-2H3. The van der Waals surface area contributed by atoms with E-state index in [0.29, 0.717) is 13.2 Å². The highest BCUT2D eigenvalue weighted by atomic mass is 79.9. The minimum Gasteiger partial charge on any atom is -0.379 e. The number of benzene rings is 1. The van der Waals surface area contributed by atoms with E-state index in [0.717, 1.165) is 37.0 Å². The zero-order valence-corrected chi connectivity index (χ0v) is 14.1. The Kier molecular flexibility index (Phi) is 9.93. The maximum absolute atomic E-state index is 5.96. The van der Waals surface area contributed by atoms with E-state index in [1.807, 2.05) is 0 Å². The zero-order valence-electron chi connectivity index (χ0n) is 12.5. The van der Waals surface area contributed by atoms with Crippen molar-refractivity contribution >= 4 is 15.9 Å². The van der Waals surface area contributed by atoms with Gasteiger partial charge in [-0.2, -0.15) is 0 Å². The third-order valence-corrected chi connectivity index (χ3v) is 3.42. The van der Waals surface area contributed by atoms with Gasteiger partial charge in [0.15, 0.2) is 0 Å². The molecular weight excluding hydrogens is 318 g/mol. The molecule has 3 nitrogen and oxygen atoms in total. The molecule has 1 rings (SSSR count). The quantitative estimate of drug-likeness (QED) is 0.617. The normalized spacial score (nSPS) is 12.6. The Bertz CT molecular complexity index is 343. The SMILES string of the molecule is CCCNCC(OCCOCCC)c1ccc(Br)cc1. The summed E-state index contributed by atoms with van der Waals surface area (Å²) in [4.78, 5) is 0. The van der Waals surface area contributed by atoms with E-state index in [2.05, 4.69) is 59.4 Å². The highest BCUT2D eigenvalue weighted by Crippen LogP contribution is 2.19. The molecule has 0 aliphatic heterocycles. The molecule has 1 aromatic carbocycles. The monoisotopic (exact) mass is 343 g/mol. The van der Waals surface area contributed by atoms with Gasteiger partial charge in [0.2, 0.25) is 0 Å². The number of rotatable bonds is 11. The Hall–Kier alpha value is -0.420. The minimum absolute atomic E-state index is 0.0832. The van der Waals surface area contributed by atoms with Crippen LogP contribution in [0, 0.1) is 0 Å². The lowest BCUT2D eigenvalue weighted by Crippen LogP contribution is -2.25. The summed E-state index contributed by atoms with van der Waals surface area (Å²) in [7, 11) is 0. The molecule has 1 unspecified atom stereocenters. The summed E-state index contributed by atoms with van der Waals surface area (Å²) < 4.78 is 12.5.